The number of hydrogen-bond acceptors (Lipinski definition) is 8. The minimum Gasteiger partial charge on any atom is -0.356 e. The van der Waals surface area contributed by atoms with Crippen molar-refractivity contribution in [3.63, 3.8) is 0 Å². The molecule has 0 rings (SSSR count). The number of amides is 4. The maximum atomic E-state index is 13.6. The molecule has 0 saturated heterocycles. The minimum atomic E-state index is -0.596. The quantitative estimate of drug-likeness (QED) is 0.0255. The summed E-state index contributed by atoms with van der Waals surface area (Å²) >= 11 is 0. The van der Waals surface area contributed by atoms with Gasteiger partial charge in [-0.1, -0.05) is 180 Å². The van der Waals surface area contributed by atoms with Gasteiger partial charge in [-0.15, -0.1) is 0 Å². The van der Waals surface area contributed by atoms with Crippen molar-refractivity contribution >= 4 is 23.6 Å². The highest BCUT2D eigenvalue weighted by molar-refractivity contribution is 5.82. The number of nitrogens with one attached hydrogen (secondary N) is 2. The minimum absolute atomic E-state index is 0.0692. The van der Waals surface area contributed by atoms with Crippen LogP contribution in [0.5, 0.6) is 0 Å². The molecule has 2 atom stereocenters. The van der Waals surface area contributed by atoms with Crippen LogP contribution in [-0.4, -0.2) is 97.9 Å². The summed E-state index contributed by atoms with van der Waals surface area (Å²) in [7, 11) is 0. The highest BCUT2D eigenvalue weighted by Gasteiger charge is 2.23. The molecule has 0 aliphatic heterocycles. The third kappa shape index (κ3) is 44.2. The highest BCUT2D eigenvalue weighted by Crippen LogP contribution is 2.15. The first-order valence-electron chi connectivity index (χ1n) is 29.9. The Morgan fingerprint density at radius 1 is 0.386 bits per heavy atom. The third-order valence-electron chi connectivity index (χ3n) is 13.8. The van der Waals surface area contributed by atoms with Crippen molar-refractivity contribution in [1.29, 1.82) is 0 Å². The van der Waals surface area contributed by atoms with Crippen molar-refractivity contribution in [2.45, 2.75) is 283 Å². The molecule has 0 radical (unpaired) electrons. The standard InChI is InChI=1S/C58H116N8O4/c1-3-5-7-9-11-13-15-17-19-21-23-25-27-29-31-43-55(67)63-47-39-51-65(57(69)53(61)41-33-35-45-59)49-37-38-50-66(58(70)54(62)42-34-36-46-60)52-40-48-64-56(68)44-32-30-28-26-24-22-20-18-16-14-12-10-8-6-4-2/h17,19,53-54H,3-16,18,20-52,59-62H2,1-2H3,(H,63,67)(H,64,68)/b19-17-/t53-,54-/m0/s1. The normalized spacial score (nSPS) is 12.4. The largest absolute Gasteiger partial charge is 0.356 e. The van der Waals surface area contributed by atoms with Crippen LogP contribution in [0, 0.1) is 0 Å². The Labute approximate surface area is 431 Å². The second-order valence-corrected chi connectivity index (χ2v) is 20.6. The van der Waals surface area contributed by atoms with Crippen molar-refractivity contribution in [3.05, 3.63) is 12.2 Å². The lowest BCUT2D eigenvalue weighted by atomic mass is 10.0. The van der Waals surface area contributed by atoms with Gasteiger partial charge in [-0.25, -0.2) is 0 Å². The molecule has 0 heterocycles. The maximum absolute atomic E-state index is 13.6. The number of carbonyl (C=O) groups is 4. The number of carbonyl (C=O) groups excluding carboxylic acids is 4. The van der Waals surface area contributed by atoms with Crippen molar-refractivity contribution in [3.8, 4) is 0 Å². The smallest absolute Gasteiger partial charge is 0.239 e. The summed E-state index contributed by atoms with van der Waals surface area (Å²) in [6, 6.07) is -1.19. The van der Waals surface area contributed by atoms with E-state index in [0.717, 1.165) is 64.2 Å². The Hall–Kier alpha value is -2.54. The molecule has 0 aromatic rings. The number of allylic oxidation sites excluding steroid dienone is 2. The molecule has 0 aliphatic rings. The number of unbranched alkanes of at least 4 members (excludes halogenated alkanes) is 28. The van der Waals surface area contributed by atoms with Crippen LogP contribution in [-0.2, 0) is 19.2 Å². The lowest BCUT2D eigenvalue weighted by molar-refractivity contribution is -0.134. The van der Waals surface area contributed by atoms with Gasteiger partial charge in [0, 0.05) is 52.1 Å². The van der Waals surface area contributed by atoms with Crippen molar-refractivity contribution < 1.29 is 19.2 Å². The molecule has 0 saturated carbocycles. The van der Waals surface area contributed by atoms with Gasteiger partial charge in [0.05, 0.1) is 12.1 Å². The van der Waals surface area contributed by atoms with E-state index in [1.807, 2.05) is 9.80 Å². The predicted molar refractivity (Wildman–Crippen MR) is 298 cm³/mol. The van der Waals surface area contributed by atoms with E-state index in [9.17, 15) is 19.2 Å². The van der Waals surface area contributed by atoms with Crippen molar-refractivity contribution in [2.24, 2.45) is 22.9 Å². The van der Waals surface area contributed by atoms with Gasteiger partial charge in [0.25, 0.3) is 0 Å². The number of nitrogens with zero attached hydrogens (tertiary/aromatic N) is 2. The molecule has 0 aromatic carbocycles. The van der Waals surface area contributed by atoms with Crippen LogP contribution in [0.15, 0.2) is 12.2 Å². The van der Waals surface area contributed by atoms with E-state index in [1.165, 1.54) is 141 Å². The van der Waals surface area contributed by atoms with Crippen LogP contribution in [0.25, 0.3) is 0 Å². The SMILES string of the molecule is CCCCCCCC/C=C\CCCCCCCC(=O)NCCCN(CCCCN(CCCNC(=O)CCCCCCCCCCCCCCCCC)C(=O)[C@@H](N)CCCCN)C(=O)[C@@H](N)CCCCN. The highest BCUT2D eigenvalue weighted by atomic mass is 16.2. The lowest BCUT2D eigenvalue weighted by Crippen LogP contribution is -2.46. The second-order valence-electron chi connectivity index (χ2n) is 20.6. The van der Waals surface area contributed by atoms with Crippen LogP contribution >= 0.6 is 0 Å². The van der Waals surface area contributed by atoms with E-state index in [1.54, 1.807) is 0 Å². The molecule has 4 amide bonds. The van der Waals surface area contributed by atoms with E-state index in [4.69, 9.17) is 22.9 Å². The van der Waals surface area contributed by atoms with Gasteiger partial charge in [-0.2, -0.15) is 0 Å². The first-order chi connectivity index (χ1) is 34.2. The topological polar surface area (TPSA) is 203 Å². The molecule has 0 spiro atoms. The predicted octanol–water partition coefficient (Wildman–Crippen LogP) is 11.6. The molecule has 412 valence electrons. The maximum Gasteiger partial charge on any atom is 0.239 e. The van der Waals surface area contributed by atoms with Crippen LogP contribution in [0.2, 0.25) is 0 Å². The fourth-order valence-corrected chi connectivity index (χ4v) is 9.19. The Balaban J connectivity index is 4.71. The zero-order valence-corrected chi connectivity index (χ0v) is 46.1. The molecule has 12 heteroatoms. The van der Waals surface area contributed by atoms with Crippen molar-refractivity contribution in [1.82, 2.24) is 20.4 Å². The molecule has 0 bridgehead atoms. The molecule has 0 aliphatic carbocycles. The summed E-state index contributed by atoms with van der Waals surface area (Å²) in [6.45, 7) is 8.75. The average molecular weight is 990 g/mol. The first kappa shape index (κ1) is 67.5. The Kier molecular flexibility index (Phi) is 50.9. The molecular weight excluding hydrogens is 873 g/mol. The molecule has 10 N–H and O–H groups in total. The fourth-order valence-electron chi connectivity index (χ4n) is 9.19. The monoisotopic (exact) mass is 989 g/mol. The van der Waals surface area contributed by atoms with E-state index in [-0.39, 0.29) is 23.6 Å². The van der Waals surface area contributed by atoms with Crippen LogP contribution < -0.4 is 33.6 Å². The van der Waals surface area contributed by atoms with Gasteiger partial charge >= 0.3 is 0 Å². The summed E-state index contributed by atoms with van der Waals surface area (Å²) in [5.41, 5.74) is 24.2. The Bertz CT molecular complexity index is 1220. The summed E-state index contributed by atoms with van der Waals surface area (Å²) in [4.78, 5) is 56.1. The van der Waals surface area contributed by atoms with Gasteiger partial charge in [0.15, 0.2) is 0 Å². The Morgan fingerprint density at radius 3 is 1.01 bits per heavy atom. The summed E-state index contributed by atoms with van der Waals surface area (Å²) in [5, 5.41) is 6.13. The Morgan fingerprint density at radius 2 is 0.686 bits per heavy atom. The van der Waals surface area contributed by atoms with Crippen LogP contribution in [0.1, 0.15) is 271 Å². The van der Waals surface area contributed by atoms with Gasteiger partial charge in [-0.05, 0) is 103 Å². The summed E-state index contributed by atoms with van der Waals surface area (Å²) in [6.07, 6.45) is 48.4. The molecule has 0 fully saturated rings. The lowest BCUT2D eigenvalue weighted by Gasteiger charge is -2.28. The molecule has 0 aromatic heterocycles. The number of nitrogens with two attached hydrogens (primary N) is 4. The van der Waals surface area contributed by atoms with Crippen LogP contribution in [0.4, 0.5) is 0 Å². The van der Waals surface area contributed by atoms with Gasteiger partial charge < -0.3 is 43.4 Å². The first-order valence-corrected chi connectivity index (χ1v) is 29.9. The third-order valence-corrected chi connectivity index (χ3v) is 13.8. The van der Waals surface area contributed by atoms with E-state index in [0.29, 0.717) is 104 Å². The van der Waals surface area contributed by atoms with Crippen molar-refractivity contribution in [2.75, 3.05) is 52.4 Å². The van der Waals surface area contributed by atoms with Gasteiger partial charge in [0.2, 0.25) is 23.6 Å². The molecule has 0 unspecified atom stereocenters. The number of rotatable bonds is 54. The molecule has 12 nitrogen and oxygen atoms in total. The second kappa shape index (κ2) is 52.8. The number of hydrogen-bond donors (Lipinski definition) is 6. The van der Waals surface area contributed by atoms with Crippen LogP contribution in [0.3, 0.4) is 0 Å². The fraction of sp³-hybridized carbons (Fsp3) is 0.897. The molecular formula is C58H116N8O4. The van der Waals surface area contributed by atoms with E-state index < -0.39 is 12.1 Å². The summed E-state index contributed by atoms with van der Waals surface area (Å²) in [5.74, 6) is -0.00471. The van der Waals surface area contributed by atoms with Gasteiger partial charge in [0.1, 0.15) is 0 Å². The summed E-state index contributed by atoms with van der Waals surface area (Å²) < 4.78 is 0. The zero-order chi connectivity index (χ0) is 51.4. The average Bonchev–Trinajstić information content (AvgIpc) is 3.35. The van der Waals surface area contributed by atoms with E-state index >= 15 is 0 Å². The molecule has 70 heavy (non-hydrogen) atoms. The van der Waals surface area contributed by atoms with Gasteiger partial charge in [-0.3, -0.25) is 19.2 Å². The van der Waals surface area contributed by atoms with E-state index in [2.05, 4.69) is 36.6 Å². The zero-order valence-electron chi connectivity index (χ0n) is 46.1.